The van der Waals surface area contributed by atoms with E-state index in [9.17, 15) is 4.79 Å². The number of aromatic nitrogens is 2. The van der Waals surface area contributed by atoms with Gasteiger partial charge in [0.2, 0.25) is 0 Å². The summed E-state index contributed by atoms with van der Waals surface area (Å²) in [4.78, 5) is 21.7. The van der Waals surface area contributed by atoms with E-state index in [4.69, 9.17) is 38.4 Å². The normalized spacial score (nSPS) is 15.2. The van der Waals surface area contributed by atoms with E-state index in [-0.39, 0.29) is 5.92 Å². The Morgan fingerprint density at radius 2 is 1.87 bits per heavy atom. The highest BCUT2D eigenvalue weighted by Crippen LogP contribution is 2.39. The maximum Gasteiger partial charge on any atom is 0.312 e. The molecule has 4 rings (SSSR count). The smallest absolute Gasteiger partial charge is 0.312 e. The number of urea groups is 1. The van der Waals surface area contributed by atoms with Crippen molar-refractivity contribution in [2.45, 2.75) is 12.5 Å². The molecule has 0 unspecified atom stereocenters. The summed E-state index contributed by atoms with van der Waals surface area (Å²) in [7, 11) is 2.11. The highest BCUT2D eigenvalue weighted by Gasteiger charge is 2.27. The van der Waals surface area contributed by atoms with Crippen molar-refractivity contribution in [1.82, 2.24) is 20.2 Å². The van der Waals surface area contributed by atoms with Gasteiger partial charge in [-0.15, -0.1) is 0 Å². The number of amides is 2. The predicted molar refractivity (Wildman–Crippen MR) is 150 cm³/mol. The minimum Gasteiger partial charge on any atom is -0.377 e. The summed E-state index contributed by atoms with van der Waals surface area (Å²) in [6.07, 6.45) is 1.56. The third kappa shape index (κ3) is 7.78. The zero-order valence-corrected chi connectivity index (χ0v) is 22.8. The number of likely N-dealkylation sites (N-methyl/N-ethyl adjacent to an activating group) is 1. The third-order valence-electron chi connectivity index (χ3n) is 6.21. The Morgan fingerprint density at radius 3 is 2.66 bits per heavy atom. The molecule has 2 heterocycles. The van der Waals surface area contributed by atoms with Gasteiger partial charge >= 0.3 is 6.03 Å². The predicted octanol–water partition coefficient (Wildman–Crippen LogP) is 4.14. The highest BCUT2D eigenvalue weighted by atomic mass is 35.5. The number of carbonyl (C=O) groups excluding carboxylic acids is 1. The van der Waals surface area contributed by atoms with Gasteiger partial charge in [-0.2, -0.15) is 0 Å². The molecule has 1 aliphatic rings. The number of rotatable bonds is 12. The van der Waals surface area contributed by atoms with Crippen molar-refractivity contribution in [3.63, 3.8) is 0 Å². The molecule has 2 amide bonds. The number of primary amides is 1. The van der Waals surface area contributed by atoms with E-state index in [2.05, 4.69) is 56.8 Å². The number of hydrogen-bond acceptors (Lipinski definition) is 7. The number of anilines is 1. The number of carbonyl (C=O) groups is 1. The number of ether oxygens (including phenoxy) is 2. The number of hydrogen-bond donors (Lipinski definition) is 3. The van der Waals surface area contributed by atoms with Gasteiger partial charge in [-0.3, -0.25) is 0 Å². The molecule has 1 aromatic heterocycles. The summed E-state index contributed by atoms with van der Waals surface area (Å²) in [5, 5.41) is 7.10. The number of benzene rings is 2. The first-order chi connectivity index (χ1) is 18.4. The summed E-state index contributed by atoms with van der Waals surface area (Å²) in [6.45, 7) is 4.42. The number of halogens is 2. The molecule has 1 atom stereocenters. The molecule has 0 aliphatic carbocycles. The molecule has 11 heteroatoms. The van der Waals surface area contributed by atoms with E-state index < -0.39 is 6.03 Å². The number of nitrogens with two attached hydrogens (primary N) is 1. The number of nitrogens with one attached hydrogen (secondary N) is 2. The lowest BCUT2D eigenvalue weighted by Gasteiger charge is -2.33. The second-order valence-electron chi connectivity index (χ2n) is 9.06. The SMILES string of the molecule is CN1Cc2c(Cl)cc(Cl)cc2[C@H](c2cccc(-c3cc(NCCOCCOCCNC(N)=O)ncn3)c2)C1. The Bertz CT molecular complexity index is 1250. The standard InChI is InChI=1S/C27H32Cl2N6O3/c1-35-15-22(21-12-20(28)13-24(29)23(21)16-35)18-3-2-4-19(11-18)25-14-26(34-17-33-25)31-5-7-37-9-10-38-8-6-32-27(30)36/h2-4,11-14,17,22H,5-10,15-16H2,1H3,(H3,30,32,36)(H,31,33,34)/t22-/m0/s1. The third-order valence-corrected chi connectivity index (χ3v) is 6.77. The van der Waals surface area contributed by atoms with Crippen LogP contribution in [-0.4, -0.2) is 74.0 Å². The Hall–Kier alpha value is -2.95. The van der Waals surface area contributed by atoms with E-state index in [0.29, 0.717) is 49.6 Å². The maximum absolute atomic E-state index is 10.6. The first-order valence-corrected chi connectivity index (χ1v) is 13.2. The molecular weight excluding hydrogens is 527 g/mol. The van der Waals surface area contributed by atoms with Gasteiger partial charge in [0.25, 0.3) is 0 Å². The van der Waals surface area contributed by atoms with Crippen LogP contribution < -0.4 is 16.4 Å². The largest absolute Gasteiger partial charge is 0.377 e. The van der Waals surface area contributed by atoms with Crippen LogP contribution in [0.2, 0.25) is 10.0 Å². The van der Waals surface area contributed by atoms with Gasteiger partial charge in [-0.1, -0.05) is 41.4 Å². The molecule has 9 nitrogen and oxygen atoms in total. The van der Waals surface area contributed by atoms with Crippen molar-refractivity contribution in [1.29, 1.82) is 0 Å². The molecule has 0 saturated carbocycles. The zero-order chi connectivity index (χ0) is 26.9. The number of nitrogens with zero attached hydrogens (tertiary/aromatic N) is 3. The molecule has 202 valence electrons. The van der Waals surface area contributed by atoms with Crippen LogP contribution in [0.3, 0.4) is 0 Å². The Morgan fingerprint density at radius 1 is 1.08 bits per heavy atom. The Balaban J connectivity index is 1.34. The van der Waals surface area contributed by atoms with Crippen molar-refractivity contribution < 1.29 is 14.3 Å². The van der Waals surface area contributed by atoms with E-state index >= 15 is 0 Å². The van der Waals surface area contributed by atoms with Crippen molar-refractivity contribution in [3.8, 4) is 11.3 Å². The van der Waals surface area contributed by atoms with Crippen molar-refractivity contribution in [2.24, 2.45) is 5.73 Å². The van der Waals surface area contributed by atoms with Gasteiger partial charge < -0.3 is 30.7 Å². The van der Waals surface area contributed by atoms with Crippen molar-refractivity contribution in [2.75, 3.05) is 58.4 Å². The van der Waals surface area contributed by atoms with E-state index in [1.807, 2.05) is 18.2 Å². The van der Waals surface area contributed by atoms with Crippen LogP contribution in [0.4, 0.5) is 10.6 Å². The Kier molecular flexibility index (Phi) is 10.1. The monoisotopic (exact) mass is 558 g/mol. The fourth-order valence-corrected chi connectivity index (χ4v) is 5.05. The molecule has 0 bridgehead atoms. The molecule has 0 radical (unpaired) electrons. The first kappa shape index (κ1) is 28.1. The molecule has 3 aromatic rings. The molecule has 38 heavy (non-hydrogen) atoms. The Labute approximate surface area is 232 Å². The molecule has 2 aromatic carbocycles. The van der Waals surface area contributed by atoms with Crippen molar-refractivity contribution in [3.05, 3.63) is 75.5 Å². The second-order valence-corrected chi connectivity index (χ2v) is 9.90. The summed E-state index contributed by atoms with van der Waals surface area (Å²) < 4.78 is 10.9. The lowest BCUT2D eigenvalue weighted by Crippen LogP contribution is -2.32. The van der Waals surface area contributed by atoms with Gasteiger partial charge in [-0.05, 0) is 41.9 Å². The molecule has 1 aliphatic heterocycles. The fourth-order valence-electron chi connectivity index (χ4n) is 4.48. The maximum atomic E-state index is 10.6. The van der Waals surface area contributed by atoms with Gasteiger partial charge in [0.1, 0.15) is 12.1 Å². The molecule has 4 N–H and O–H groups in total. The molecule has 0 spiro atoms. The fraction of sp³-hybridized carbons (Fsp3) is 0.370. The summed E-state index contributed by atoms with van der Waals surface area (Å²) in [5.41, 5.74) is 10.3. The summed E-state index contributed by atoms with van der Waals surface area (Å²) >= 11 is 12.9. The first-order valence-electron chi connectivity index (χ1n) is 12.4. The van der Waals surface area contributed by atoms with Crippen LogP contribution in [0.15, 0.2) is 48.8 Å². The van der Waals surface area contributed by atoms with Gasteiger partial charge in [0, 0.05) is 53.8 Å². The molecular formula is C27H32Cl2N6O3. The van der Waals surface area contributed by atoms with Gasteiger partial charge in [0.05, 0.1) is 32.1 Å². The average Bonchev–Trinajstić information content (AvgIpc) is 2.90. The lowest BCUT2D eigenvalue weighted by molar-refractivity contribution is 0.0533. The van der Waals surface area contributed by atoms with Crippen LogP contribution in [0, 0.1) is 0 Å². The van der Waals surface area contributed by atoms with E-state index in [1.165, 1.54) is 11.1 Å². The van der Waals surface area contributed by atoms with Gasteiger partial charge in [-0.25, -0.2) is 14.8 Å². The highest BCUT2D eigenvalue weighted by molar-refractivity contribution is 6.35. The van der Waals surface area contributed by atoms with E-state index in [1.54, 1.807) is 6.33 Å². The van der Waals surface area contributed by atoms with Crippen LogP contribution in [0.5, 0.6) is 0 Å². The quantitative estimate of drug-likeness (QED) is 0.286. The van der Waals surface area contributed by atoms with Crippen molar-refractivity contribution >= 4 is 35.1 Å². The lowest BCUT2D eigenvalue weighted by atomic mass is 9.84. The van der Waals surface area contributed by atoms with Crippen LogP contribution in [0.1, 0.15) is 22.6 Å². The minimum absolute atomic E-state index is 0.153. The second kappa shape index (κ2) is 13.7. The van der Waals surface area contributed by atoms with Gasteiger partial charge in [0.15, 0.2) is 0 Å². The molecule has 0 saturated heterocycles. The van der Waals surface area contributed by atoms with Crippen LogP contribution in [0.25, 0.3) is 11.3 Å². The number of fused-ring (bicyclic) bond motifs is 1. The molecule has 0 fully saturated rings. The summed E-state index contributed by atoms with van der Waals surface area (Å²) in [5.74, 6) is 0.874. The zero-order valence-electron chi connectivity index (χ0n) is 21.3. The average molecular weight is 559 g/mol. The van der Waals surface area contributed by atoms with Crippen LogP contribution in [-0.2, 0) is 16.0 Å². The minimum atomic E-state index is -0.560. The van der Waals surface area contributed by atoms with Crippen LogP contribution >= 0.6 is 23.2 Å². The summed E-state index contributed by atoms with van der Waals surface area (Å²) in [6, 6.07) is 13.7. The van der Waals surface area contributed by atoms with E-state index in [0.717, 1.165) is 35.7 Å². The topological polar surface area (TPSA) is 115 Å².